The van der Waals surface area contributed by atoms with E-state index in [0.717, 1.165) is 12.1 Å². The topological polar surface area (TPSA) is 66.8 Å². The minimum Gasteiger partial charge on any atom is -0.481 e. The lowest BCUT2D eigenvalue weighted by molar-refractivity contribution is -0.141. The van der Waals surface area contributed by atoms with Gasteiger partial charge in [0.25, 0.3) is 0 Å². The van der Waals surface area contributed by atoms with E-state index in [4.69, 9.17) is 9.84 Å². The summed E-state index contributed by atoms with van der Waals surface area (Å²) < 4.78 is 43.0. The normalized spacial score (nSPS) is 21.8. The van der Waals surface area contributed by atoms with E-state index in [2.05, 4.69) is 0 Å². The molecule has 2 rings (SSSR count). The van der Waals surface area contributed by atoms with Gasteiger partial charge in [0.2, 0.25) is 0 Å². The Morgan fingerprint density at radius 2 is 2.14 bits per heavy atom. The summed E-state index contributed by atoms with van der Waals surface area (Å²) in [6, 6.07) is 4.63. The second-order valence-corrected chi connectivity index (χ2v) is 5.44. The van der Waals surface area contributed by atoms with Crippen molar-refractivity contribution in [2.45, 2.75) is 31.7 Å². The Kier molecular flexibility index (Phi) is 4.04. The molecular formula is C14H14F3NO4. The molecule has 1 amide bonds. The van der Waals surface area contributed by atoms with Crippen molar-refractivity contribution in [1.29, 1.82) is 0 Å². The van der Waals surface area contributed by atoms with Gasteiger partial charge in [-0.15, -0.1) is 0 Å². The molecule has 8 heteroatoms. The Balaban J connectivity index is 2.12. The van der Waals surface area contributed by atoms with Crippen molar-refractivity contribution in [3.8, 4) is 0 Å². The smallest absolute Gasteiger partial charge is 0.416 e. The highest BCUT2D eigenvalue weighted by molar-refractivity contribution is 5.74. The SMILES string of the molecule is CC1(CC(=O)O)CN(Cc2cccc(C(F)(F)F)c2)C(=O)O1. The molecule has 1 aliphatic rings. The highest BCUT2D eigenvalue weighted by Gasteiger charge is 2.43. The van der Waals surface area contributed by atoms with Gasteiger partial charge in [-0.2, -0.15) is 13.2 Å². The van der Waals surface area contributed by atoms with Crippen LogP contribution in [0.4, 0.5) is 18.0 Å². The van der Waals surface area contributed by atoms with Crippen molar-refractivity contribution in [3.63, 3.8) is 0 Å². The van der Waals surface area contributed by atoms with Crippen molar-refractivity contribution in [1.82, 2.24) is 4.90 Å². The minimum atomic E-state index is -4.46. The molecule has 1 saturated heterocycles. The fourth-order valence-electron chi connectivity index (χ4n) is 2.37. The lowest BCUT2D eigenvalue weighted by Gasteiger charge is -2.19. The van der Waals surface area contributed by atoms with Crippen LogP contribution in [0.1, 0.15) is 24.5 Å². The number of rotatable bonds is 4. The van der Waals surface area contributed by atoms with Gasteiger partial charge < -0.3 is 9.84 Å². The van der Waals surface area contributed by atoms with Gasteiger partial charge in [0.15, 0.2) is 0 Å². The summed E-state index contributed by atoms with van der Waals surface area (Å²) in [7, 11) is 0. The molecule has 0 saturated carbocycles. The first-order valence-electron chi connectivity index (χ1n) is 6.45. The third kappa shape index (κ3) is 3.69. The number of amides is 1. The summed E-state index contributed by atoms with van der Waals surface area (Å²) in [4.78, 5) is 23.7. The van der Waals surface area contributed by atoms with Crippen LogP contribution in [0, 0.1) is 0 Å². The quantitative estimate of drug-likeness (QED) is 0.927. The first kappa shape index (κ1) is 16.1. The van der Waals surface area contributed by atoms with Crippen LogP contribution in [0.2, 0.25) is 0 Å². The van der Waals surface area contributed by atoms with Gasteiger partial charge in [0, 0.05) is 6.54 Å². The molecule has 1 N–H and O–H groups in total. The van der Waals surface area contributed by atoms with Crippen molar-refractivity contribution >= 4 is 12.1 Å². The van der Waals surface area contributed by atoms with Gasteiger partial charge in [-0.3, -0.25) is 9.69 Å². The number of cyclic esters (lactones) is 1. The maximum Gasteiger partial charge on any atom is 0.416 e. The molecule has 120 valence electrons. The third-order valence-corrected chi connectivity index (χ3v) is 3.27. The number of nitrogens with zero attached hydrogens (tertiary/aromatic N) is 1. The standard InChI is InChI=1S/C14H14F3NO4/c1-13(6-11(19)20)8-18(12(21)22-13)7-9-3-2-4-10(5-9)14(15,16)17/h2-5H,6-8H2,1H3,(H,19,20). The fourth-order valence-corrected chi connectivity index (χ4v) is 2.37. The molecule has 0 spiro atoms. The Morgan fingerprint density at radius 1 is 1.45 bits per heavy atom. The van der Waals surface area contributed by atoms with E-state index < -0.39 is 29.4 Å². The summed E-state index contributed by atoms with van der Waals surface area (Å²) in [5.74, 6) is -1.11. The zero-order valence-electron chi connectivity index (χ0n) is 11.7. The van der Waals surface area contributed by atoms with Gasteiger partial charge in [0.1, 0.15) is 5.60 Å². The third-order valence-electron chi connectivity index (χ3n) is 3.27. The molecule has 1 unspecified atom stereocenters. The summed E-state index contributed by atoms with van der Waals surface area (Å²) in [6.07, 6.45) is -5.56. The molecule has 22 heavy (non-hydrogen) atoms. The van der Waals surface area contributed by atoms with Crippen LogP contribution in [0.3, 0.4) is 0 Å². The van der Waals surface area contributed by atoms with Gasteiger partial charge in [-0.1, -0.05) is 12.1 Å². The van der Waals surface area contributed by atoms with Gasteiger partial charge in [0.05, 0.1) is 18.5 Å². The van der Waals surface area contributed by atoms with E-state index in [9.17, 15) is 22.8 Å². The lowest BCUT2D eigenvalue weighted by Crippen LogP contribution is -2.33. The van der Waals surface area contributed by atoms with Gasteiger partial charge in [-0.05, 0) is 24.6 Å². The van der Waals surface area contributed by atoms with Crippen LogP contribution in [0.15, 0.2) is 24.3 Å². The first-order valence-corrected chi connectivity index (χ1v) is 6.45. The number of ether oxygens (including phenoxy) is 1. The van der Waals surface area contributed by atoms with E-state index in [1.54, 1.807) is 0 Å². The number of carbonyl (C=O) groups excluding carboxylic acids is 1. The van der Waals surface area contributed by atoms with Crippen LogP contribution < -0.4 is 0 Å². The molecule has 5 nitrogen and oxygen atoms in total. The predicted molar refractivity (Wildman–Crippen MR) is 69.0 cm³/mol. The predicted octanol–water partition coefficient (Wildman–Crippen LogP) is 2.89. The molecule has 1 heterocycles. The van der Waals surface area contributed by atoms with E-state index in [0.29, 0.717) is 5.56 Å². The Labute approximate surface area is 124 Å². The maximum atomic E-state index is 12.7. The number of carbonyl (C=O) groups is 2. The molecule has 1 aromatic rings. The van der Waals surface area contributed by atoms with Crippen LogP contribution in [0.5, 0.6) is 0 Å². The second-order valence-electron chi connectivity index (χ2n) is 5.44. The molecule has 0 radical (unpaired) electrons. The van der Waals surface area contributed by atoms with Crippen molar-refractivity contribution in [2.24, 2.45) is 0 Å². The van der Waals surface area contributed by atoms with E-state index in [1.807, 2.05) is 0 Å². The minimum absolute atomic E-state index is 0.00831. The van der Waals surface area contributed by atoms with Crippen LogP contribution in [0.25, 0.3) is 0 Å². The molecule has 0 bridgehead atoms. The Morgan fingerprint density at radius 3 is 2.73 bits per heavy atom. The number of hydrogen-bond acceptors (Lipinski definition) is 3. The lowest BCUT2D eigenvalue weighted by atomic mass is 10.0. The molecule has 1 atom stereocenters. The molecule has 1 aromatic carbocycles. The summed E-state index contributed by atoms with van der Waals surface area (Å²) in [5.41, 5.74) is -1.68. The second kappa shape index (κ2) is 5.51. The maximum absolute atomic E-state index is 12.7. The summed E-state index contributed by atoms with van der Waals surface area (Å²) >= 11 is 0. The number of carboxylic acid groups (broad SMARTS) is 1. The van der Waals surface area contributed by atoms with Crippen molar-refractivity contribution < 1.29 is 32.6 Å². The van der Waals surface area contributed by atoms with Crippen molar-refractivity contribution in [2.75, 3.05) is 6.54 Å². The van der Waals surface area contributed by atoms with Crippen molar-refractivity contribution in [3.05, 3.63) is 35.4 Å². The fraction of sp³-hybridized carbons (Fsp3) is 0.429. The van der Waals surface area contributed by atoms with E-state index in [-0.39, 0.29) is 19.5 Å². The average Bonchev–Trinajstić information content (AvgIpc) is 2.62. The summed E-state index contributed by atoms with van der Waals surface area (Å²) in [5, 5.41) is 8.79. The highest BCUT2D eigenvalue weighted by Crippen LogP contribution is 2.31. The number of benzene rings is 1. The molecule has 0 aliphatic carbocycles. The highest BCUT2D eigenvalue weighted by atomic mass is 19.4. The number of carboxylic acids is 1. The molecule has 0 aromatic heterocycles. The molecule has 1 aliphatic heterocycles. The zero-order valence-corrected chi connectivity index (χ0v) is 11.7. The van der Waals surface area contributed by atoms with Crippen LogP contribution in [-0.4, -0.2) is 34.2 Å². The summed E-state index contributed by atoms with van der Waals surface area (Å²) in [6.45, 7) is 1.41. The molecular weight excluding hydrogens is 303 g/mol. The Hall–Kier alpha value is -2.25. The van der Waals surface area contributed by atoms with E-state index in [1.165, 1.54) is 24.0 Å². The monoisotopic (exact) mass is 317 g/mol. The molecule has 1 fully saturated rings. The van der Waals surface area contributed by atoms with Crippen LogP contribution >= 0.6 is 0 Å². The van der Waals surface area contributed by atoms with Gasteiger partial charge in [-0.25, -0.2) is 4.79 Å². The van der Waals surface area contributed by atoms with E-state index >= 15 is 0 Å². The first-order chi connectivity index (χ1) is 10.1. The Bertz CT molecular complexity index is 602. The number of alkyl halides is 3. The zero-order chi connectivity index (χ0) is 16.5. The number of halogens is 3. The largest absolute Gasteiger partial charge is 0.481 e. The number of aliphatic carboxylic acids is 1. The van der Waals surface area contributed by atoms with Crippen LogP contribution in [-0.2, 0) is 22.3 Å². The van der Waals surface area contributed by atoms with Gasteiger partial charge >= 0.3 is 18.2 Å². The average molecular weight is 317 g/mol. The number of hydrogen-bond donors (Lipinski definition) is 1.